The molecule has 0 saturated heterocycles. The number of hydrogen-bond donors (Lipinski definition) is 3. The zero-order chi connectivity index (χ0) is 28.5. The molecule has 11 heteroatoms. The van der Waals surface area contributed by atoms with E-state index in [1.54, 1.807) is 32.4 Å². The molecule has 2 aromatic rings. The number of nitrogens with zero attached hydrogens (tertiary/aromatic N) is 1. The monoisotopic (exact) mass is 544 g/mol. The topological polar surface area (TPSA) is 144 Å². The van der Waals surface area contributed by atoms with E-state index in [0.717, 1.165) is 22.3 Å². The number of aliphatic hydroxyl groups excluding tert-OH is 2. The van der Waals surface area contributed by atoms with Crippen LogP contribution in [0.4, 0.5) is 0 Å². The van der Waals surface area contributed by atoms with Crippen molar-refractivity contribution in [3.63, 3.8) is 0 Å². The maximum atomic E-state index is 12.6. The number of benzene rings is 2. The first-order valence-corrected chi connectivity index (χ1v) is 12.7. The van der Waals surface area contributed by atoms with Gasteiger partial charge in [0.25, 0.3) is 0 Å². The summed E-state index contributed by atoms with van der Waals surface area (Å²) in [6.45, 7) is 1.11. The Kier molecular flexibility index (Phi) is 10.5. The molecule has 0 spiro atoms. The van der Waals surface area contributed by atoms with Crippen LogP contribution < -0.4 is 24.3 Å². The Labute approximate surface area is 227 Å². The van der Waals surface area contributed by atoms with Crippen molar-refractivity contribution in [1.29, 1.82) is 0 Å². The second kappa shape index (κ2) is 13.8. The molecule has 0 saturated carbocycles. The molecule has 0 radical (unpaired) electrons. The summed E-state index contributed by atoms with van der Waals surface area (Å²) in [5, 5.41) is 21.2. The second-order valence-corrected chi connectivity index (χ2v) is 9.02. The molecule has 11 nitrogen and oxygen atoms in total. The summed E-state index contributed by atoms with van der Waals surface area (Å²) in [4.78, 5) is 38.3. The Bertz CT molecular complexity index is 1190. The quantitative estimate of drug-likeness (QED) is 0.270. The lowest BCUT2D eigenvalue weighted by molar-refractivity contribution is -0.139. The molecule has 0 aliphatic heterocycles. The van der Waals surface area contributed by atoms with Crippen molar-refractivity contribution in [3.8, 4) is 34.1 Å². The molecule has 2 aromatic carbocycles. The number of aryl methyl sites for hydroxylation is 1. The number of fused-ring (bicyclic) bond motifs is 3. The van der Waals surface area contributed by atoms with Gasteiger partial charge in [0.05, 0.1) is 47.0 Å². The van der Waals surface area contributed by atoms with E-state index in [9.17, 15) is 14.4 Å². The van der Waals surface area contributed by atoms with Gasteiger partial charge >= 0.3 is 5.97 Å². The van der Waals surface area contributed by atoms with Gasteiger partial charge in [0.15, 0.2) is 11.5 Å². The number of carbonyl (C=O) groups excluding carboxylic acids is 3. The predicted molar refractivity (Wildman–Crippen MR) is 142 cm³/mol. The van der Waals surface area contributed by atoms with Gasteiger partial charge in [-0.05, 0) is 47.7 Å². The summed E-state index contributed by atoms with van der Waals surface area (Å²) in [6, 6.07) is 6.71. The lowest BCUT2D eigenvalue weighted by Crippen LogP contribution is -2.36. The molecule has 39 heavy (non-hydrogen) atoms. The standard InChI is InChI=1S/C28H36N2O9/c1-17(33)29-22-8-5-18-15-23(36-2)27(37-3)28(38-4)26(18)20-7-6-19(16-21(20)22)39-25(35)10-9-24(34)30(11-13-31)12-14-32/h6-7,15-16,22,31-32H,5,8-14H2,1-4H3,(H,29,33)/t22-/m0/s1. The van der Waals surface area contributed by atoms with E-state index in [0.29, 0.717) is 30.1 Å². The highest BCUT2D eigenvalue weighted by molar-refractivity contribution is 5.85. The number of aliphatic hydroxyl groups is 2. The number of carbonyl (C=O) groups is 3. The first kappa shape index (κ1) is 29.7. The first-order chi connectivity index (χ1) is 18.8. The smallest absolute Gasteiger partial charge is 0.311 e. The van der Waals surface area contributed by atoms with Crippen molar-refractivity contribution in [2.75, 3.05) is 47.6 Å². The van der Waals surface area contributed by atoms with Crippen molar-refractivity contribution in [3.05, 3.63) is 35.4 Å². The van der Waals surface area contributed by atoms with E-state index in [1.807, 2.05) is 6.07 Å². The van der Waals surface area contributed by atoms with E-state index >= 15 is 0 Å². The zero-order valence-electron chi connectivity index (χ0n) is 22.7. The summed E-state index contributed by atoms with van der Waals surface area (Å²) >= 11 is 0. The molecular formula is C28H36N2O9. The maximum absolute atomic E-state index is 12.6. The summed E-state index contributed by atoms with van der Waals surface area (Å²) in [5.41, 5.74) is 3.29. The van der Waals surface area contributed by atoms with Gasteiger partial charge in [0.1, 0.15) is 5.75 Å². The average Bonchev–Trinajstić information content (AvgIpc) is 3.06. The number of esters is 1. The van der Waals surface area contributed by atoms with Crippen LogP contribution in [0, 0.1) is 0 Å². The molecule has 0 fully saturated rings. The zero-order valence-corrected chi connectivity index (χ0v) is 22.7. The number of nitrogens with one attached hydrogen (secondary N) is 1. The number of methoxy groups -OCH3 is 3. The van der Waals surface area contributed by atoms with Crippen LogP contribution in [0.2, 0.25) is 0 Å². The molecule has 0 aromatic heterocycles. The Balaban J connectivity index is 1.93. The minimum absolute atomic E-state index is 0.0748. The number of ether oxygens (including phenoxy) is 4. The van der Waals surface area contributed by atoms with Crippen molar-refractivity contribution >= 4 is 17.8 Å². The van der Waals surface area contributed by atoms with E-state index in [4.69, 9.17) is 29.2 Å². The van der Waals surface area contributed by atoms with Gasteiger partial charge < -0.3 is 39.4 Å². The van der Waals surface area contributed by atoms with Crippen LogP contribution in [0.25, 0.3) is 11.1 Å². The van der Waals surface area contributed by atoms with Crippen molar-refractivity contribution in [2.24, 2.45) is 0 Å². The van der Waals surface area contributed by atoms with Crippen LogP contribution in [-0.4, -0.2) is 80.5 Å². The highest BCUT2D eigenvalue weighted by Gasteiger charge is 2.30. The van der Waals surface area contributed by atoms with Crippen LogP contribution in [0.15, 0.2) is 24.3 Å². The van der Waals surface area contributed by atoms with E-state index in [2.05, 4.69) is 5.32 Å². The van der Waals surface area contributed by atoms with Crippen LogP contribution in [0.1, 0.15) is 43.4 Å². The SMILES string of the molecule is COc1cc2c(c(OC)c1OC)-c1ccc(OC(=O)CCC(=O)N(CCO)CCO)cc1[C@@H](NC(C)=O)CC2. The predicted octanol–water partition coefficient (Wildman–Crippen LogP) is 2.00. The van der Waals surface area contributed by atoms with Gasteiger partial charge in [-0.25, -0.2) is 0 Å². The van der Waals surface area contributed by atoms with Gasteiger partial charge in [-0.2, -0.15) is 0 Å². The highest BCUT2D eigenvalue weighted by atomic mass is 16.5. The highest BCUT2D eigenvalue weighted by Crippen LogP contribution is 2.50. The fourth-order valence-electron chi connectivity index (χ4n) is 4.82. The molecule has 1 atom stereocenters. The third-order valence-corrected chi connectivity index (χ3v) is 6.53. The Morgan fingerprint density at radius 1 is 0.974 bits per heavy atom. The molecule has 1 aliphatic rings. The summed E-state index contributed by atoms with van der Waals surface area (Å²) in [7, 11) is 4.64. The average molecular weight is 545 g/mol. The first-order valence-electron chi connectivity index (χ1n) is 12.7. The van der Waals surface area contributed by atoms with Crippen molar-refractivity contribution in [2.45, 2.75) is 38.6 Å². The van der Waals surface area contributed by atoms with E-state index in [-0.39, 0.29) is 62.8 Å². The van der Waals surface area contributed by atoms with Crippen LogP contribution >= 0.6 is 0 Å². The summed E-state index contributed by atoms with van der Waals surface area (Å²) < 4.78 is 22.4. The third-order valence-electron chi connectivity index (χ3n) is 6.53. The van der Waals surface area contributed by atoms with Gasteiger partial charge in [-0.1, -0.05) is 6.07 Å². The molecule has 3 rings (SSSR count). The van der Waals surface area contributed by atoms with Crippen LogP contribution in [0.5, 0.6) is 23.0 Å². The molecule has 0 unspecified atom stereocenters. The second-order valence-electron chi connectivity index (χ2n) is 9.02. The molecule has 0 bridgehead atoms. The Morgan fingerprint density at radius 2 is 1.67 bits per heavy atom. The van der Waals surface area contributed by atoms with Crippen molar-refractivity contribution < 1.29 is 43.5 Å². The minimum atomic E-state index is -0.606. The summed E-state index contributed by atoms with van der Waals surface area (Å²) in [6.07, 6.45) is 0.896. The van der Waals surface area contributed by atoms with E-state index in [1.165, 1.54) is 18.9 Å². The normalized spacial score (nSPS) is 13.8. The molecule has 212 valence electrons. The van der Waals surface area contributed by atoms with Gasteiger partial charge in [-0.3, -0.25) is 14.4 Å². The fraction of sp³-hybridized carbons (Fsp3) is 0.464. The summed E-state index contributed by atoms with van der Waals surface area (Å²) in [5.74, 6) is 0.571. The molecule has 1 aliphatic carbocycles. The Morgan fingerprint density at radius 3 is 2.26 bits per heavy atom. The van der Waals surface area contributed by atoms with Crippen LogP contribution in [0.3, 0.4) is 0 Å². The Hall–Kier alpha value is -3.83. The molecule has 2 amide bonds. The molecule has 3 N–H and O–H groups in total. The van der Waals surface area contributed by atoms with Gasteiger partial charge in [0.2, 0.25) is 17.6 Å². The minimum Gasteiger partial charge on any atom is -0.493 e. The third kappa shape index (κ3) is 6.98. The van der Waals surface area contributed by atoms with Gasteiger partial charge in [0, 0.05) is 32.0 Å². The molecular weight excluding hydrogens is 508 g/mol. The number of hydrogen-bond acceptors (Lipinski definition) is 9. The number of amides is 2. The number of rotatable bonds is 12. The lowest BCUT2D eigenvalue weighted by atomic mass is 9.93. The maximum Gasteiger partial charge on any atom is 0.311 e. The van der Waals surface area contributed by atoms with E-state index < -0.39 is 5.97 Å². The van der Waals surface area contributed by atoms with Gasteiger partial charge in [-0.15, -0.1) is 0 Å². The van der Waals surface area contributed by atoms with Crippen molar-refractivity contribution in [1.82, 2.24) is 10.2 Å². The molecule has 0 heterocycles. The largest absolute Gasteiger partial charge is 0.493 e. The fourth-order valence-corrected chi connectivity index (χ4v) is 4.82. The van der Waals surface area contributed by atoms with Crippen LogP contribution in [-0.2, 0) is 20.8 Å². The lowest BCUT2D eigenvalue weighted by Gasteiger charge is -2.21.